The Morgan fingerprint density at radius 1 is 0.952 bits per heavy atom. The first-order chi connectivity index (χ1) is 10.1. The summed E-state index contributed by atoms with van der Waals surface area (Å²) in [5.74, 6) is -0.419. The summed E-state index contributed by atoms with van der Waals surface area (Å²) < 4.78 is 24.6. The number of aromatic amines is 1. The summed E-state index contributed by atoms with van der Waals surface area (Å²) in [6.45, 7) is 0. The van der Waals surface area contributed by atoms with Crippen LogP contribution in [0.2, 0.25) is 0 Å². The Bertz CT molecular complexity index is 947. The fourth-order valence-corrected chi connectivity index (χ4v) is 3.35. The third kappa shape index (κ3) is 2.71. The van der Waals surface area contributed by atoms with Gasteiger partial charge in [-0.05, 0) is 24.3 Å². The van der Waals surface area contributed by atoms with E-state index in [2.05, 4.69) is 9.97 Å². The Morgan fingerprint density at radius 3 is 2.38 bits per heavy atom. The van der Waals surface area contributed by atoms with Gasteiger partial charge in [0.2, 0.25) is 0 Å². The molecule has 21 heavy (non-hydrogen) atoms. The molecule has 3 aromatic rings. The second-order valence-electron chi connectivity index (χ2n) is 4.60. The average Bonchev–Trinajstić information content (AvgIpc) is 2.49. The van der Waals surface area contributed by atoms with Crippen molar-refractivity contribution in [2.45, 2.75) is 10.6 Å². The first-order valence-corrected chi connectivity index (χ1v) is 7.97. The van der Waals surface area contributed by atoms with Gasteiger partial charge in [0.25, 0.3) is 5.56 Å². The molecule has 0 spiro atoms. The second-order valence-corrected chi connectivity index (χ2v) is 6.59. The largest absolute Gasteiger partial charge is 0.319 e. The SMILES string of the molecule is O=c1[nH]c2ccccc2nc1CS(=O)(=O)c1ccccc1. The Balaban J connectivity index is 2.06. The maximum absolute atomic E-state index is 12.3. The van der Waals surface area contributed by atoms with Crippen molar-refractivity contribution in [1.82, 2.24) is 9.97 Å². The van der Waals surface area contributed by atoms with E-state index in [-0.39, 0.29) is 10.6 Å². The summed E-state index contributed by atoms with van der Waals surface area (Å²) in [5.41, 5.74) is 0.671. The maximum atomic E-state index is 12.3. The highest BCUT2D eigenvalue weighted by molar-refractivity contribution is 7.90. The molecule has 0 saturated heterocycles. The van der Waals surface area contributed by atoms with Crippen LogP contribution in [0.3, 0.4) is 0 Å². The van der Waals surface area contributed by atoms with Crippen molar-refractivity contribution in [3.63, 3.8) is 0 Å². The van der Waals surface area contributed by atoms with Crippen LogP contribution in [-0.2, 0) is 15.6 Å². The molecule has 0 aliphatic rings. The number of para-hydroxylation sites is 2. The molecule has 0 unspecified atom stereocenters. The van der Waals surface area contributed by atoms with Crippen molar-refractivity contribution in [2.75, 3.05) is 0 Å². The first kappa shape index (κ1) is 13.5. The van der Waals surface area contributed by atoms with Crippen molar-refractivity contribution < 1.29 is 8.42 Å². The number of aromatic nitrogens is 2. The third-order valence-corrected chi connectivity index (χ3v) is 4.74. The summed E-state index contributed by atoms with van der Waals surface area (Å²) in [5, 5.41) is 0. The van der Waals surface area contributed by atoms with Gasteiger partial charge >= 0.3 is 0 Å². The van der Waals surface area contributed by atoms with Gasteiger partial charge in [-0.1, -0.05) is 30.3 Å². The lowest BCUT2D eigenvalue weighted by Gasteiger charge is -2.04. The molecule has 0 aliphatic carbocycles. The molecule has 1 heterocycles. The fourth-order valence-electron chi connectivity index (χ4n) is 2.06. The first-order valence-electron chi connectivity index (χ1n) is 6.32. The highest BCUT2D eigenvalue weighted by Gasteiger charge is 2.18. The smallest absolute Gasteiger partial charge is 0.271 e. The quantitative estimate of drug-likeness (QED) is 0.801. The number of H-pyrrole nitrogens is 1. The van der Waals surface area contributed by atoms with Crippen LogP contribution in [0.1, 0.15) is 5.69 Å². The highest BCUT2D eigenvalue weighted by Crippen LogP contribution is 2.14. The lowest BCUT2D eigenvalue weighted by atomic mass is 10.3. The number of hydrogen-bond donors (Lipinski definition) is 1. The zero-order valence-electron chi connectivity index (χ0n) is 11.0. The normalized spacial score (nSPS) is 11.6. The van der Waals surface area contributed by atoms with Crippen molar-refractivity contribution >= 4 is 20.9 Å². The zero-order valence-corrected chi connectivity index (χ0v) is 11.8. The molecule has 2 aromatic carbocycles. The van der Waals surface area contributed by atoms with Gasteiger partial charge in [0, 0.05) is 0 Å². The van der Waals surface area contributed by atoms with Crippen molar-refractivity contribution in [2.24, 2.45) is 0 Å². The molecule has 1 N–H and O–H groups in total. The van der Waals surface area contributed by atoms with E-state index in [4.69, 9.17) is 0 Å². The number of nitrogens with zero attached hydrogens (tertiary/aromatic N) is 1. The van der Waals surface area contributed by atoms with Crippen LogP contribution in [-0.4, -0.2) is 18.4 Å². The van der Waals surface area contributed by atoms with Crippen LogP contribution >= 0.6 is 0 Å². The number of sulfone groups is 1. The monoisotopic (exact) mass is 300 g/mol. The van der Waals surface area contributed by atoms with E-state index in [0.29, 0.717) is 11.0 Å². The van der Waals surface area contributed by atoms with E-state index in [0.717, 1.165) is 0 Å². The van der Waals surface area contributed by atoms with Crippen molar-refractivity contribution in [3.8, 4) is 0 Å². The third-order valence-electron chi connectivity index (χ3n) is 3.10. The minimum atomic E-state index is -3.59. The highest BCUT2D eigenvalue weighted by atomic mass is 32.2. The molecule has 106 valence electrons. The number of nitrogens with one attached hydrogen (secondary N) is 1. The summed E-state index contributed by atoms with van der Waals surface area (Å²) >= 11 is 0. The summed E-state index contributed by atoms with van der Waals surface area (Å²) in [4.78, 5) is 19.0. The summed E-state index contributed by atoms with van der Waals surface area (Å²) in [7, 11) is -3.59. The lowest BCUT2D eigenvalue weighted by molar-refractivity contribution is 0.594. The Morgan fingerprint density at radius 2 is 1.62 bits per heavy atom. The van der Waals surface area contributed by atoms with Crippen LogP contribution in [0.15, 0.2) is 64.3 Å². The van der Waals surface area contributed by atoms with Gasteiger partial charge in [0.15, 0.2) is 9.84 Å². The van der Waals surface area contributed by atoms with Crippen LogP contribution in [0, 0.1) is 0 Å². The minimum absolute atomic E-state index is 0.00227. The van der Waals surface area contributed by atoms with E-state index in [1.54, 1.807) is 42.5 Å². The van der Waals surface area contributed by atoms with E-state index in [1.807, 2.05) is 0 Å². The van der Waals surface area contributed by atoms with Gasteiger partial charge in [-0.2, -0.15) is 0 Å². The van der Waals surface area contributed by atoms with Crippen LogP contribution in [0.5, 0.6) is 0 Å². The van der Waals surface area contributed by atoms with Gasteiger partial charge in [0.1, 0.15) is 11.4 Å². The van der Waals surface area contributed by atoms with Gasteiger partial charge in [-0.3, -0.25) is 4.79 Å². The fraction of sp³-hybridized carbons (Fsp3) is 0.0667. The van der Waals surface area contributed by atoms with Crippen molar-refractivity contribution in [1.29, 1.82) is 0 Å². The standard InChI is InChI=1S/C15H12N2O3S/c18-15-14(16-12-8-4-5-9-13(12)17-15)10-21(19,20)11-6-2-1-3-7-11/h1-9H,10H2,(H,17,18). The lowest BCUT2D eigenvalue weighted by Crippen LogP contribution is -2.19. The average molecular weight is 300 g/mol. The molecular weight excluding hydrogens is 288 g/mol. The van der Waals surface area contributed by atoms with E-state index in [9.17, 15) is 13.2 Å². The molecule has 1 aromatic heterocycles. The molecule has 0 fully saturated rings. The van der Waals surface area contributed by atoms with Crippen LogP contribution < -0.4 is 5.56 Å². The summed E-state index contributed by atoms with van der Waals surface area (Å²) in [6, 6.07) is 15.0. The minimum Gasteiger partial charge on any atom is -0.319 e. The van der Waals surface area contributed by atoms with Gasteiger partial charge < -0.3 is 4.98 Å². The van der Waals surface area contributed by atoms with Crippen LogP contribution in [0.25, 0.3) is 11.0 Å². The van der Waals surface area contributed by atoms with Crippen LogP contribution in [0.4, 0.5) is 0 Å². The predicted molar refractivity (Wildman–Crippen MR) is 79.7 cm³/mol. The molecule has 0 bridgehead atoms. The van der Waals surface area contributed by atoms with Crippen molar-refractivity contribution in [3.05, 3.63) is 70.6 Å². The topological polar surface area (TPSA) is 79.9 Å². The number of benzene rings is 2. The molecular formula is C15H12N2O3S. The molecule has 5 nitrogen and oxygen atoms in total. The molecule has 0 amide bonds. The molecule has 6 heteroatoms. The molecule has 3 rings (SSSR count). The molecule has 0 aliphatic heterocycles. The Labute approximate surface area is 121 Å². The van der Waals surface area contributed by atoms with Gasteiger partial charge in [-0.25, -0.2) is 13.4 Å². The Hall–Kier alpha value is -2.47. The van der Waals surface area contributed by atoms with Gasteiger partial charge in [0.05, 0.1) is 15.9 Å². The molecule has 0 atom stereocenters. The predicted octanol–water partition coefficient (Wildman–Crippen LogP) is 1.90. The number of rotatable bonds is 3. The maximum Gasteiger partial charge on any atom is 0.271 e. The van der Waals surface area contributed by atoms with E-state index < -0.39 is 21.1 Å². The van der Waals surface area contributed by atoms with E-state index >= 15 is 0 Å². The molecule has 0 radical (unpaired) electrons. The molecule has 0 saturated carbocycles. The zero-order chi connectivity index (χ0) is 14.9. The summed E-state index contributed by atoms with van der Waals surface area (Å²) in [6.07, 6.45) is 0. The number of fused-ring (bicyclic) bond motifs is 1. The van der Waals surface area contributed by atoms with Gasteiger partial charge in [-0.15, -0.1) is 0 Å². The number of hydrogen-bond acceptors (Lipinski definition) is 4. The van der Waals surface area contributed by atoms with E-state index in [1.165, 1.54) is 12.1 Å². The second kappa shape index (κ2) is 5.14. The Kier molecular flexibility index (Phi) is 3.31.